The van der Waals surface area contributed by atoms with Crippen LogP contribution in [0.2, 0.25) is 0 Å². The first kappa shape index (κ1) is 11.6. The van der Waals surface area contributed by atoms with Crippen molar-refractivity contribution in [1.29, 1.82) is 0 Å². The number of carbonyl (C=O) groups is 1. The molecule has 0 amide bonds. The van der Waals surface area contributed by atoms with Crippen LogP contribution in [0.15, 0.2) is 16.5 Å². The van der Waals surface area contributed by atoms with E-state index in [1.807, 2.05) is 0 Å². The van der Waals surface area contributed by atoms with Crippen molar-refractivity contribution >= 4 is 16.9 Å². The molecular formula is C11H8F3NO2. The van der Waals surface area contributed by atoms with E-state index in [2.05, 4.69) is 4.98 Å². The van der Waals surface area contributed by atoms with Crippen molar-refractivity contribution in [3.8, 4) is 0 Å². The van der Waals surface area contributed by atoms with Gasteiger partial charge in [-0.3, -0.25) is 4.79 Å². The number of ketones is 1. The van der Waals surface area contributed by atoms with Gasteiger partial charge in [0.1, 0.15) is 0 Å². The lowest BCUT2D eigenvalue weighted by Crippen LogP contribution is -2.06. The summed E-state index contributed by atoms with van der Waals surface area (Å²) >= 11 is 0. The van der Waals surface area contributed by atoms with Gasteiger partial charge in [-0.1, -0.05) is 0 Å². The second-order valence-corrected chi connectivity index (χ2v) is 3.69. The van der Waals surface area contributed by atoms with Gasteiger partial charge in [-0.15, -0.1) is 0 Å². The Balaban J connectivity index is 2.79. The number of fused-ring (bicyclic) bond motifs is 1. The first-order valence-electron chi connectivity index (χ1n) is 4.78. The summed E-state index contributed by atoms with van der Waals surface area (Å²) in [5.41, 5.74) is -0.812. The van der Waals surface area contributed by atoms with Crippen LogP contribution in [-0.4, -0.2) is 10.8 Å². The van der Waals surface area contributed by atoms with Gasteiger partial charge < -0.3 is 4.42 Å². The van der Waals surface area contributed by atoms with E-state index in [1.165, 1.54) is 13.8 Å². The lowest BCUT2D eigenvalue weighted by atomic mass is 10.1. The van der Waals surface area contributed by atoms with Gasteiger partial charge in [0.15, 0.2) is 11.5 Å². The van der Waals surface area contributed by atoms with Gasteiger partial charge in [-0.25, -0.2) is 4.98 Å². The number of halogens is 3. The quantitative estimate of drug-likeness (QED) is 0.721. The van der Waals surface area contributed by atoms with E-state index in [0.29, 0.717) is 0 Å². The van der Waals surface area contributed by atoms with Crippen molar-refractivity contribution in [2.45, 2.75) is 20.0 Å². The normalized spacial score (nSPS) is 12.1. The molecule has 0 bridgehead atoms. The minimum Gasteiger partial charge on any atom is -0.435 e. The van der Waals surface area contributed by atoms with E-state index in [4.69, 9.17) is 4.42 Å². The van der Waals surface area contributed by atoms with Crippen molar-refractivity contribution in [3.05, 3.63) is 29.2 Å². The van der Waals surface area contributed by atoms with Crippen LogP contribution < -0.4 is 0 Å². The van der Waals surface area contributed by atoms with Gasteiger partial charge in [0.05, 0.1) is 10.9 Å². The maximum Gasteiger partial charge on any atom is 0.417 e. The summed E-state index contributed by atoms with van der Waals surface area (Å²) in [7, 11) is 0. The van der Waals surface area contributed by atoms with Crippen LogP contribution in [0.1, 0.15) is 28.7 Å². The number of alkyl halides is 3. The van der Waals surface area contributed by atoms with Gasteiger partial charge >= 0.3 is 6.18 Å². The third-order valence-electron chi connectivity index (χ3n) is 2.29. The maximum atomic E-state index is 12.8. The van der Waals surface area contributed by atoms with E-state index >= 15 is 0 Å². The molecule has 0 aliphatic rings. The predicted octanol–water partition coefficient (Wildman–Crippen LogP) is 3.36. The molecule has 0 spiro atoms. The number of hydrogen-bond acceptors (Lipinski definition) is 3. The van der Waals surface area contributed by atoms with Gasteiger partial charge in [-0.2, -0.15) is 13.2 Å². The predicted molar refractivity (Wildman–Crippen MR) is 53.8 cm³/mol. The van der Waals surface area contributed by atoms with Crippen LogP contribution in [0.25, 0.3) is 11.1 Å². The summed E-state index contributed by atoms with van der Waals surface area (Å²) in [6.07, 6.45) is -4.50. The number of rotatable bonds is 1. The number of Topliss-reactive ketones (excluding diaryl/α,β-unsaturated/α-hetero) is 1. The molecule has 17 heavy (non-hydrogen) atoms. The fraction of sp³-hybridized carbons (Fsp3) is 0.273. The smallest absolute Gasteiger partial charge is 0.417 e. The third-order valence-corrected chi connectivity index (χ3v) is 2.29. The van der Waals surface area contributed by atoms with E-state index in [9.17, 15) is 18.0 Å². The Morgan fingerprint density at radius 1 is 1.35 bits per heavy atom. The highest BCUT2D eigenvalue weighted by Gasteiger charge is 2.34. The van der Waals surface area contributed by atoms with Crippen LogP contribution in [0.5, 0.6) is 0 Å². The summed E-state index contributed by atoms with van der Waals surface area (Å²) in [6, 6.07) is 2.01. The van der Waals surface area contributed by atoms with Crippen LogP contribution in [0, 0.1) is 6.92 Å². The van der Waals surface area contributed by atoms with Crippen molar-refractivity contribution in [2.75, 3.05) is 0 Å². The molecule has 0 saturated heterocycles. The second kappa shape index (κ2) is 3.58. The highest BCUT2D eigenvalue weighted by molar-refractivity contribution is 5.96. The van der Waals surface area contributed by atoms with Crippen LogP contribution in [-0.2, 0) is 6.18 Å². The molecule has 0 radical (unpaired) electrons. The highest BCUT2D eigenvalue weighted by Crippen LogP contribution is 2.35. The number of aryl methyl sites for hydroxylation is 1. The Morgan fingerprint density at radius 2 is 2.00 bits per heavy atom. The highest BCUT2D eigenvalue weighted by atomic mass is 19.4. The molecule has 2 aromatic heterocycles. The van der Waals surface area contributed by atoms with Crippen LogP contribution >= 0.6 is 0 Å². The number of carbonyl (C=O) groups excluding carboxylic acids is 1. The van der Waals surface area contributed by atoms with Crippen LogP contribution in [0.4, 0.5) is 13.2 Å². The topological polar surface area (TPSA) is 43.1 Å². The zero-order valence-electron chi connectivity index (χ0n) is 9.05. The maximum absolute atomic E-state index is 12.8. The molecular weight excluding hydrogens is 235 g/mol. The minimum absolute atomic E-state index is 0.122. The molecule has 90 valence electrons. The zero-order chi connectivity index (χ0) is 12.8. The molecule has 2 rings (SSSR count). The Kier molecular flexibility index (Phi) is 2.45. The largest absolute Gasteiger partial charge is 0.435 e. The molecule has 0 aliphatic carbocycles. The molecule has 0 fully saturated rings. The molecule has 0 unspecified atom stereocenters. The third kappa shape index (κ3) is 2.02. The Bertz CT molecular complexity index is 599. The molecule has 2 heterocycles. The molecule has 0 atom stereocenters. The molecule has 0 saturated carbocycles. The summed E-state index contributed by atoms with van der Waals surface area (Å²) in [5.74, 6) is -0.558. The first-order chi connectivity index (χ1) is 7.79. The lowest BCUT2D eigenvalue weighted by molar-refractivity contribution is -0.136. The molecule has 0 aromatic carbocycles. The number of aromatic nitrogens is 1. The Labute approximate surface area is 94.2 Å². The second-order valence-electron chi connectivity index (χ2n) is 3.69. The number of nitrogens with zero attached hydrogens (tertiary/aromatic N) is 1. The zero-order valence-corrected chi connectivity index (χ0v) is 9.05. The molecule has 0 N–H and O–H groups in total. The van der Waals surface area contributed by atoms with E-state index in [-0.39, 0.29) is 22.6 Å². The van der Waals surface area contributed by atoms with Gasteiger partial charge in [-0.05, 0) is 19.1 Å². The average molecular weight is 243 g/mol. The molecule has 0 aliphatic heterocycles. The molecule has 2 aromatic rings. The monoisotopic (exact) mass is 243 g/mol. The SMILES string of the molecule is CC(=O)c1cc2c(C(F)(F)F)cc(C)nc2o1. The van der Waals surface area contributed by atoms with Gasteiger partial charge in [0.2, 0.25) is 5.71 Å². The summed E-state index contributed by atoms with van der Waals surface area (Å²) in [6.45, 7) is 2.66. The fourth-order valence-corrected chi connectivity index (χ4v) is 1.54. The lowest BCUT2D eigenvalue weighted by Gasteiger charge is -2.07. The van der Waals surface area contributed by atoms with E-state index in [1.54, 1.807) is 0 Å². The Morgan fingerprint density at radius 3 is 2.53 bits per heavy atom. The minimum atomic E-state index is -4.50. The van der Waals surface area contributed by atoms with E-state index < -0.39 is 17.5 Å². The van der Waals surface area contributed by atoms with Crippen molar-refractivity contribution < 1.29 is 22.4 Å². The summed E-state index contributed by atoms with van der Waals surface area (Å²) in [5, 5.41) is -0.187. The van der Waals surface area contributed by atoms with Gasteiger partial charge in [0.25, 0.3) is 0 Å². The van der Waals surface area contributed by atoms with Crippen molar-refractivity contribution in [1.82, 2.24) is 4.98 Å². The number of pyridine rings is 1. The van der Waals surface area contributed by atoms with Crippen LogP contribution in [0.3, 0.4) is 0 Å². The van der Waals surface area contributed by atoms with Crippen molar-refractivity contribution in [2.24, 2.45) is 0 Å². The van der Waals surface area contributed by atoms with E-state index in [0.717, 1.165) is 12.1 Å². The summed E-state index contributed by atoms with van der Waals surface area (Å²) in [4.78, 5) is 14.9. The van der Waals surface area contributed by atoms with Gasteiger partial charge in [0, 0.05) is 12.6 Å². The molecule has 3 nitrogen and oxygen atoms in total. The number of hydrogen-bond donors (Lipinski definition) is 0. The summed E-state index contributed by atoms with van der Waals surface area (Å²) < 4.78 is 43.2. The first-order valence-corrected chi connectivity index (χ1v) is 4.78. The average Bonchev–Trinajstić information content (AvgIpc) is 2.58. The molecule has 6 heteroatoms. The fourth-order valence-electron chi connectivity index (χ4n) is 1.54. The van der Waals surface area contributed by atoms with Crippen molar-refractivity contribution in [3.63, 3.8) is 0 Å². The number of furan rings is 1. The Hall–Kier alpha value is -1.85. The standard InChI is InChI=1S/C11H8F3NO2/c1-5-3-8(11(12,13)14)7-4-9(6(2)16)17-10(7)15-5/h3-4H,1-2H3.